The van der Waals surface area contributed by atoms with E-state index in [1.807, 2.05) is 13.0 Å². The molecular formula is C10H14ClNOS. The summed E-state index contributed by atoms with van der Waals surface area (Å²) in [6, 6.07) is 1.91. The molecule has 1 aromatic heterocycles. The molecule has 0 aromatic carbocycles. The molecule has 4 heteroatoms. The zero-order chi connectivity index (χ0) is 10.4. The van der Waals surface area contributed by atoms with E-state index in [-0.39, 0.29) is 0 Å². The van der Waals surface area contributed by atoms with Gasteiger partial charge in [0.05, 0.1) is 0 Å². The highest BCUT2D eigenvalue weighted by molar-refractivity contribution is 7.99. The number of hydrogen-bond acceptors (Lipinski definition) is 3. The van der Waals surface area contributed by atoms with E-state index in [0.717, 1.165) is 18.8 Å². The first-order chi connectivity index (χ1) is 6.74. The molecule has 0 saturated heterocycles. The van der Waals surface area contributed by atoms with Crippen molar-refractivity contribution >= 4 is 23.4 Å². The van der Waals surface area contributed by atoms with Crippen molar-refractivity contribution in [3.05, 3.63) is 23.0 Å². The van der Waals surface area contributed by atoms with Gasteiger partial charge in [-0.3, -0.25) is 0 Å². The SMILES string of the molecule is COCCCSc1cc(Cl)ncc1C. The van der Waals surface area contributed by atoms with E-state index < -0.39 is 0 Å². The Morgan fingerprint density at radius 3 is 3.07 bits per heavy atom. The second-order valence-electron chi connectivity index (χ2n) is 2.97. The van der Waals surface area contributed by atoms with Crippen LogP contribution >= 0.6 is 23.4 Å². The molecule has 0 aliphatic rings. The first-order valence-electron chi connectivity index (χ1n) is 4.48. The molecule has 1 aromatic rings. The fourth-order valence-corrected chi connectivity index (χ4v) is 2.20. The van der Waals surface area contributed by atoms with E-state index >= 15 is 0 Å². The molecule has 0 unspecified atom stereocenters. The fourth-order valence-electron chi connectivity index (χ4n) is 1.02. The third-order valence-electron chi connectivity index (χ3n) is 1.77. The van der Waals surface area contributed by atoms with Crippen LogP contribution in [0, 0.1) is 6.92 Å². The minimum absolute atomic E-state index is 0.560. The summed E-state index contributed by atoms with van der Waals surface area (Å²) in [4.78, 5) is 5.22. The summed E-state index contributed by atoms with van der Waals surface area (Å²) in [6.07, 6.45) is 2.86. The zero-order valence-corrected chi connectivity index (χ0v) is 9.99. The summed E-state index contributed by atoms with van der Waals surface area (Å²) < 4.78 is 4.98. The number of hydrogen-bond donors (Lipinski definition) is 0. The van der Waals surface area contributed by atoms with Crippen molar-refractivity contribution in [3.63, 3.8) is 0 Å². The standard InChI is InChI=1S/C10H14ClNOS/c1-8-7-12-10(11)6-9(8)14-5-3-4-13-2/h6-7H,3-5H2,1-2H3. The van der Waals surface area contributed by atoms with Gasteiger partial charge >= 0.3 is 0 Å². The van der Waals surface area contributed by atoms with Crippen molar-refractivity contribution < 1.29 is 4.74 Å². The highest BCUT2D eigenvalue weighted by atomic mass is 35.5. The number of ether oxygens (including phenoxy) is 1. The number of aryl methyl sites for hydroxylation is 1. The van der Waals surface area contributed by atoms with Gasteiger partial charge in [0.25, 0.3) is 0 Å². The van der Waals surface area contributed by atoms with E-state index in [0.29, 0.717) is 5.15 Å². The molecule has 0 saturated carbocycles. The molecule has 1 rings (SSSR count). The van der Waals surface area contributed by atoms with Crippen LogP contribution in [0.25, 0.3) is 0 Å². The number of methoxy groups -OCH3 is 1. The lowest BCUT2D eigenvalue weighted by atomic mass is 10.3. The Morgan fingerprint density at radius 2 is 2.36 bits per heavy atom. The van der Waals surface area contributed by atoms with E-state index in [2.05, 4.69) is 4.98 Å². The first kappa shape index (κ1) is 11.8. The van der Waals surface area contributed by atoms with Gasteiger partial charge in [-0.2, -0.15) is 0 Å². The lowest BCUT2D eigenvalue weighted by Crippen LogP contribution is -1.91. The van der Waals surface area contributed by atoms with Crippen LogP contribution in [-0.2, 0) is 4.74 Å². The number of halogens is 1. The Morgan fingerprint density at radius 1 is 1.57 bits per heavy atom. The molecule has 2 nitrogen and oxygen atoms in total. The molecule has 0 fully saturated rings. The monoisotopic (exact) mass is 231 g/mol. The van der Waals surface area contributed by atoms with Crippen LogP contribution in [0.2, 0.25) is 5.15 Å². The molecule has 0 bridgehead atoms. The molecule has 14 heavy (non-hydrogen) atoms. The van der Waals surface area contributed by atoms with Gasteiger partial charge in [0.15, 0.2) is 0 Å². The average Bonchev–Trinajstić information content (AvgIpc) is 2.18. The van der Waals surface area contributed by atoms with Crippen LogP contribution in [0.5, 0.6) is 0 Å². The predicted octanol–water partition coefficient (Wildman–Crippen LogP) is 3.17. The third kappa shape index (κ3) is 3.86. The summed E-state index contributed by atoms with van der Waals surface area (Å²) in [5, 5.41) is 0.560. The quantitative estimate of drug-likeness (QED) is 0.442. The second kappa shape index (κ2) is 6.27. The van der Waals surface area contributed by atoms with Crippen molar-refractivity contribution in [2.75, 3.05) is 19.5 Å². The largest absolute Gasteiger partial charge is 0.385 e. The van der Waals surface area contributed by atoms with E-state index in [4.69, 9.17) is 16.3 Å². The highest BCUT2D eigenvalue weighted by Crippen LogP contribution is 2.24. The highest BCUT2D eigenvalue weighted by Gasteiger charge is 2.00. The Bertz CT molecular complexity index is 293. The lowest BCUT2D eigenvalue weighted by Gasteiger charge is -2.04. The molecule has 0 radical (unpaired) electrons. The maximum atomic E-state index is 5.81. The normalized spacial score (nSPS) is 10.5. The first-order valence-corrected chi connectivity index (χ1v) is 5.84. The molecule has 0 amide bonds. The van der Waals surface area contributed by atoms with Crippen molar-refractivity contribution in [3.8, 4) is 0 Å². The fraction of sp³-hybridized carbons (Fsp3) is 0.500. The molecule has 0 aliphatic carbocycles. The van der Waals surface area contributed by atoms with Crippen LogP contribution in [0.1, 0.15) is 12.0 Å². The van der Waals surface area contributed by atoms with E-state index in [9.17, 15) is 0 Å². The maximum absolute atomic E-state index is 5.81. The van der Waals surface area contributed by atoms with Crippen molar-refractivity contribution in [1.29, 1.82) is 0 Å². The van der Waals surface area contributed by atoms with Crippen molar-refractivity contribution in [1.82, 2.24) is 4.98 Å². The van der Waals surface area contributed by atoms with Crippen LogP contribution in [0.3, 0.4) is 0 Å². The maximum Gasteiger partial charge on any atom is 0.130 e. The van der Waals surface area contributed by atoms with E-state index in [1.54, 1.807) is 25.1 Å². The summed E-state index contributed by atoms with van der Waals surface area (Å²) in [5.74, 6) is 1.05. The lowest BCUT2D eigenvalue weighted by molar-refractivity contribution is 0.200. The van der Waals surface area contributed by atoms with Gasteiger partial charge in [-0.15, -0.1) is 11.8 Å². The van der Waals surface area contributed by atoms with E-state index in [1.165, 1.54) is 10.5 Å². The van der Waals surface area contributed by atoms with Crippen molar-refractivity contribution in [2.45, 2.75) is 18.2 Å². The zero-order valence-electron chi connectivity index (χ0n) is 8.42. The summed E-state index contributed by atoms with van der Waals surface area (Å²) in [5.41, 5.74) is 1.18. The molecule has 1 heterocycles. The van der Waals surface area contributed by atoms with Gasteiger partial charge in [-0.05, 0) is 25.0 Å². The van der Waals surface area contributed by atoms with Gasteiger partial charge in [-0.25, -0.2) is 4.98 Å². The van der Waals surface area contributed by atoms with Crippen LogP contribution in [0.4, 0.5) is 0 Å². The smallest absolute Gasteiger partial charge is 0.130 e. The van der Waals surface area contributed by atoms with Gasteiger partial charge in [0, 0.05) is 30.6 Å². The van der Waals surface area contributed by atoms with Gasteiger partial charge in [-0.1, -0.05) is 11.6 Å². The van der Waals surface area contributed by atoms with Gasteiger partial charge in [0.2, 0.25) is 0 Å². The van der Waals surface area contributed by atoms with Crippen LogP contribution in [-0.4, -0.2) is 24.5 Å². The third-order valence-corrected chi connectivity index (χ3v) is 3.22. The van der Waals surface area contributed by atoms with Crippen LogP contribution in [0.15, 0.2) is 17.2 Å². The number of nitrogens with zero attached hydrogens (tertiary/aromatic N) is 1. The number of aromatic nitrogens is 1. The second-order valence-corrected chi connectivity index (χ2v) is 4.49. The predicted molar refractivity (Wildman–Crippen MR) is 61.2 cm³/mol. The minimum Gasteiger partial charge on any atom is -0.385 e. The average molecular weight is 232 g/mol. The summed E-state index contributed by atoms with van der Waals surface area (Å²) in [7, 11) is 1.72. The molecular weight excluding hydrogens is 218 g/mol. The minimum atomic E-state index is 0.560. The Labute approximate surface area is 94.0 Å². The molecule has 0 N–H and O–H groups in total. The number of rotatable bonds is 5. The molecule has 78 valence electrons. The Balaban J connectivity index is 2.45. The Kier molecular flexibility index (Phi) is 5.30. The Hall–Kier alpha value is -0.250. The number of thioether (sulfide) groups is 1. The van der Waals surface area contributed by atoms with Crippen LogP contribution < -0.4 is 0 Å². The van der Waals surface area contributed by atoms with Crippen molar-refractivity contribution in [2.24, 2.45) is 0 Å². The molecule has 0 spiro atoms. The topological polar surface area (TPSA) is 22.1 Å². The summed E-state index contributed by atoms with van der Waals surface area (Å²) >= 11 is 7.60. The van der Waals surface area contributed by atoms with Gasteiger partial charge in [0.1, 0.15) is 5.15 Å². The van der Waals surface area contributed by atoms with Gasteiger partial charge < -0.3 is 4.74 Å². The molecule has 0 aliphatic heterocycles. The number of pyridine rings is 1. The summed E-state index contributed by atoms with van der Waals surface area (Å²) in [6.45, 7) is 2.85. The molecule has 0 atom stereocenters.